The van der Waals surface area contributed by atoms with Gasteiger partial charge in [0.2, 0.25) is 0 Å². The first-order valence-corrected chi connectivity index (χ1v) is 5.31. The van der Waals surface area contributed by atoms with Crippen LogP contribution in [0.25, 0.3) is 0 Å². The molecule has 0 radical (unpaired) electrons. The molecular formula is C12H11IO. The Morgan fingerprint density at radius 1 is 0.714 bits per heavy atom. The zero-order valence-corrected chi connectivity index (χ0v) is 9.76. The molecule has 0 heterocycles. The molecule has 0 atom stereocenters. The fourth-order valence-corrected chi connectivity index (χ4v) is 1.19. The first kappa shape index (κ1) is 11.0. The summed E-state index contributed by atoms with van der Waals surface area (Å²) in [7, 11) is 0. The van der Waals surface area contributed by atoms with Gasteiger partial charge in [-0.15, -0.1) is 0 Å². The van der Waals surface area contributed by atoms with E-state index in [0.29, 0.717) is 5.75 Å². The Kier molecular flexibility index (Phi) is 5.07. The van der Waals surface area contributed by atoms with E-state index in [9.17, 15) is 0 Å². The van der Waals surface area contributed by atoms with Crippen LogP contribution in [0.2, 0.25) is 0 Å². The Hall–Kier alpha value is -1.03. The lowest BCUT2D eigenvalue weighted by molar-refractivity contribution is 0.475. The average Bonchev–Trinajstić information content (AvgIpc) is 2.26. The third kappa shape index (κ3) is 4.87. The van der Waals surface area contributed by atoms with Gasteiger partial charge in [-0.25, -0.2) is 0 Å². The van der Waals surface area contributed by atoms with Crippen LogP contribution in [0.5, 0.6) is 5.75 Å². The molecule has 0 aromatic heterocycles. The maximum atomic E-state index is 8.75. The summed E-state index contributed by atoms with van der Waals surface area (Å²) in [6.07, 6.45) is 0. The first-order chi connectivity index (χ1) is 6.79. The number of hydrogen-bond acceptors (Lipinski definition) is 1. The highest BCUT2D eigenvalue weighted by atomic mass is 127. The molecule has 2 heteroatoms. The smallest absolute Gasteiger partial charge is 0.115 e. The van der Waals surface area contributed by atoms with Crippen molar-refractivity contribution in [1.82, 2.24) is 0 Å². The third-order valence-corrected chi connectivity index (χ3v) is 2.21. The molecule has 0 saturated carbocycles. The second-order valence-electron chi connectivity index (χ2n) is 2.63. The highest BCUT2D eigenvalue weighted by Gasteiger charge is 1.83. The predicted octanol–water partition coefficient (Wildman–Crippen LogP) is 3.68. The highest BCUT2D eigenvalue weighted by molar-refractivity contribution is 14.1. The van der Waals surface area contributed by atoms with E-state index in [2.05, 4.69) is 22.6 Å². The maximum Gasteiger partial charge on any atom is 0.115 e. The first-order valence-electron chi connectivity index (χ1n) is 4.23. The third-order valence-electron chi connectivity index (χ3n) is 1.49. The number of phenols is 1. The van der Waals surface area contributed by atoms with Gasteiger partial charge in [-0.05, 0) is 46.9 Å². The van der Waals surface area contributed by atoms with Gasteiger partial charge in [0, 0.05) is 3.57 Å². The molecule has 1 N–H and O–H groups in total. The summed E-state index contributed by atoms with van der Waals surface area (Å²) in [5, 5.41) is 8.75. The molecule has 0 aliphatic rings. The largest absolute Gasteiger partial charge is 0.508 e. The average molecular weight is 298 g/mol. The molecule has 14 heavy (non-hydrogen) atoms. The lowest BCUT2D eigenvalue weighted by Gasteiger charge is -1.87. The van der Waals surface area contributed by atoms with Crippen LogP contribution in [0.15, 0.2) is 60.7 Å². The molecule has 0 bridgehead atoms. The summed E-state index contributed by atoms with van der Waals surface area (Å²) in [4.78, 5) is 0. The molecule has 0 fully saturated rings. The molecule has 2 aromatic rings. The SMILES string of the molecule is Oc1ccc(I)cc1.c1ccccc1. The van der Waals surface area contributed by atoms with Crippen molar-refractivity contribution >= 4 is 22.6 Å². The van der Waals surface area contributed by atoms with E-state index in [1.165, 1.54) is 0 Å². The molecule has 0 amide bonds. The second-order valence-corrected chi connectivity index (χ2v) is 3.88. The fourth-order valence-electron chi connectivity index (χ4n) is 0.826. The summed E-state index contributed by atoms with van der Waals surface area (Å²) in [5.74, 6) is 0.324. The molecule has 0 saturated heterocycles. The van der Waals surface area contributed by atoms with Gasteiger partial charge in [-0.1, -0.05) is 36.4 Å². The van der Waals surface area contributed by atoms with E-state index in [-0.39, 0.29) is 0 Å². The summed E-state index contributed by atoms with van der Waals surface area (Å²) in [6.45, 7) is 0. The Labute approximate surface area is 97.6 Å². The Balaban J connectivity index is 0.000000146. The minimum Gasteiger partial charge on any atom is -0.508 e. The van der Waals surface area contributed by atoms with Gasteiger partial charge in [0.05, 0.1) is 0 Å². The molecule has 0 unspecified atom stereocenters. The van der Waals surface area contributed by atoms with Gasteiger partial charge >= 0.3 is 0 Å². The molecule has 0 aliphatic heterocycles. The molecule has 1 nitrogen and oxygen atoms in total. The maximum absolute atomic E-state index is 8.75. The number of rotatable bonds is 0. The van der Waals surface area contributed by atoms with Crippen molar-refractivity contribution in [2.75, 3.05) is 0 Å². The standard InChI is InChI=1S/C6H5IO.C6H6/c7-5-1-3-6(8)4-2-5;1-2-4-6-5-3-1/h1-4,8H;1-6H. The van der Waals surface area contributed by atoms with Crippen LogP contribution in [0.3, 0.4) is 0 Å². The van der Waals surface area contributed by atoms with Crippen LogP contribution in [0, 0.1) is 3.57 Å². The minimum absolute atomic E-state index is 0.324. The van der Waals surface area contributed by atoms with Crippen molar-refractivity contribution in [3.8, 4) is 5.75 Å². The van der Waals surface area contributed by atoms with Gasteiger partial charge < -0.3 is 5.11 Å². The van der Waals surface area contributed by atoms with Crippen molar-refractivity contribution < 1.29 is 5.11 Å². The van der Waals surface area contributed by atoms with Crippen molar-refractivity contribution in [2.24, 2.45) is 0 Å². The summed E-state index contributed by atoms with van der Waals surface area (Å²) < 4.78 is 1.14. The topological polar surface area (TPSA) is 20.2 Å². The quantitative estimate of drug-likeness (QED) is 0.736. The molecule has 2 rings (SSSR count). The normalized spacial score (nSPS) is 8.64. The monoisotopic (exact) mass is 298 g/mol. The van der Waals surface area contributed by atoms with Crippen molar-refractivity contribution in [1.29, 1.82) is 0 Å². The van der Waals surface area contributed by atoms with Gasteiger partial charge in [0.1, 0.15) is 5.75 Å². The van der Waals surface area contributed by atoms with Gasteiger partial charge in [-0.2, -0.15) is 0 Å². The summed E-state index contributed by atoms with van der Waals surface area (Å²) in [6, 6.07) is 19.1. The number of phenolic OH excluding ortho intramolecular Hbond substituents is 1. The molecule has 0 spiro atoms. The van der Waals surface area contributed by atoms with E-state index in [0.717, 1.165) is 3.57 Å². The van der Waals surface area contributed by atoms with Gasteiger partial charge in [0.25, 0.3) is 0 Å². The van der Waals surface area contributed by atoms with Crippen LogP contribution in [-0.2, 0) is 0 Å². The van der Waals surface area contributed by atoms with E-state index in [4.69, 9.17) is 5.11 Å². The summed E-state index contributed by atoms with van der Waals surface area (Å²) >= 11 is 2.19. The number of halogens is 1. The van der Waals surface area contributed by atoms with Gasteiger partial charge in [-0.3, -0.25) is 0 Å². The lowest BCUT2D eigenvalue weighted by atomic mass is 10.3. The second kappa shape index (κ2) is 6.43. The highest BCUT2D eigenvalue weighted by Crippen LogP contribution is 2.10. The van der Waals surface area contributed by atoms with Crippen LogP contribution >= 0.6 is 22.6 Å². The molecule has 2 aromatic carbocycles. The van der Waals surface area contributed by atoms with Crippen molar-refractivity contribution in [3.63, 3.8) is 0 Å². The Morgan fingerprint density at radius 3 is 1.36 bits per heavy atom. The Bertz CT molecular complexity index is 295. The van der Waals surface area contributed by atoms with Crippen LogP contribution in [0.1, 0.15) is 0 Å². The molecule has 0 aliphatic carbocycles. The molecular weight excluding hydrogens is 287 g/mol. The van der Waals surface area contributed by atoms with Gasteiger partial charge in [0.15, 0.2) is 0 Å². The minimum atomic E-state index is 0.324. The van der Waals surface area contributed by atoms with E-state index in [1.54, 1.807) is 12.1 Å². The zero-order valence-electron chi connectivity index (χ0n) is 7.60. The summed E-state index contributed by atoms with van der Waals surface area (Å²) in [5.41, 5.74) is 0. The van der Waals surface area contributed by atoms with E-state index in [1.807, 2.05) is 48.5 Å². The van der Waals surface area contributed by atoms with E-state index < -0.39 is 0 Å². The number of hydrogen-bond donors (Lipinski definition) is 1. The lowest BCUT2D eigenvalue weighted by Crippen LogP contribution is -1.65. The van der Waals surface area contributed by atoms with E-state index >= 15 is 0 Å². The Morgan fingerprint density at radius 2 is 1.07 bits per heavy atom. The fraction of sp³-hybridized carbons (Fsp3) is 0. The van der Waals surface area contributed by atoms with Crippen LogP contribution in [0.4, 0.5) is 0 Å². The van der Waals surface area contributed by atoms with Crippen LogP contribution < -0.4 is 0 Å². The van der Waals surface area contributed by atoms with Crippen LogP contribution in [-0.4, -0.2) is 5.11 Å². The molecule has 72 valence electrons. The van der Waals surface area contributed by atoms with Crippen molar-refractivity contribution in [3.05, 3.63) is 64.2 Å². The zero-order chi connectivity index (χ0) is 10.2. The van der Waals surface area contributed by atoms with Crippen molar-refractivity contribution in [2.45, 2.75) is 0 Å². The number of benzene rings is 2. The predicted molar refractivity (Wildman–Crippen MR) is 67.3 cm³/mol. The number of aromatic hydroxyl groups is 1.